The molecule has 2 amide bonds. The van der Waals surface area contributed by atoms with Crippen LogP contribution in [0.15, 0.2) is 0 Å². The number of hydrogen-bond acceptors (Lipinski definition) is 6. The first-order valence-electron chi connectivity index (χ1n) is 5.69. The van der Waals surface area contributed by atoms with E-state index in [1.807, 2.05) is 0 Å². The minimum atomic E-state index is -0.602. The Hall–Kier alpha value is -1.63. The summed E-state index contributed by atoms with van der Waals surface area (Å²) in [6, 6.07) is 0. The lowest BCUT2D eigenvalue weighted by molar-refractivity contribution is -0.145. The second-order valence-electron chi connectivity index (χ2n) is 4.28. The Morgan fingerprint density at radius 2 is 2.22 bits per heavy atom. The van der Waals surface area contributed by atoms with Gasteiger partial charge in [0.05, 0.1) is 26.1 Å². The number of amides is 2. The number of ether oxygens (including phenoxy) is 2. The molecule has 102 valence electrons. The van der Waals surface area contributed by atoms with E-state index in [1.165, 1.54) is 7.11 Å². The first-order chi connectivity index (χ1) is 8.45. The van der Waals surface area contributed by atoms with E-state index in [2.05, 4.69) is 9.47 Å². The van der Waals surface area contributed by atoms with Crippen LogP contribution >= 0.6 is 0 Å². The summed E-state index contributed by atoms with van der Waals surface area (Å²) in [6.45, 7) is 2.71. The maximum Gasteiger partial charge on any atom is 0.416 e. The van der Waals surface area contributed by atoms with E-state index in [-0.39, 0.29) is 37.5 Å². The fraction of sp³-hybridized carbons (Fsp3) is 0.727. The molecule has 0 aliphatic carbocycles. The van der Waals surface area contributed by atoms with Crippen LogP contribution in [0.4, 0.5) is 4.79 Å². The standard InChI is InChI=1S/C11H18N2O5/c1-8(10(15)17-3)6-12(2)7-9(14)13-4-5-18-11(13)16/h8H,4-7H2,1-3H3. The minimum Gasteiger partial charge on any atom is -0.469 e. The quantitative estimate of drug-likeness (QED) is 0.630. The fourth-order valence-electron chi connectivity index (χ4n) is 1.74. The second kappa shape index (κ2) is 6.34. The average molecular weight is 258 g/mol. The third-order valence-electron chi connectivity index (χ3n) is 2.66. The predicted octanol–water partition coefficient (Wildman–Crippen LogP) is -0.294. The van der Waals surface area contributed by atoms with Gasteiger partial charge in [-0.25, -0.2) is 9.69 Å². The van der Waals surface area contributed by atoms with Gasteiger partial charge in [0, 0.05) is 6.54 Å². The monoisotopic (exact) mass is 258 g/mol. The van der Waals surface area contributed by atoms with E-state index in [0.717, 1.165) is 4.90 Å². The molecule has 7 nitrogen and oxygen atoms in total. The number of imide groups is 1. The topological polar surface area (TPSA) is 76.2 Å². The lowest BCUT2D eigenvalue weighted by atomic mass is 10.2. The van der Waals surface area contributed by atoms with Gasteiger partial charge in [-0.15, -0.1) is 0 Å². The van der Waals surface area contributed by atoms with Crippen molar-refractivity contribution < 1.29 is 23.9 Å². The number of rotatable bonds is 5. The lowest BCUT2D eigenvalue weighted by Gasteiger charge is -2.21. The van der Waals surface area contributed by atoms with Gasteiger partial charge in [0.25, 0.3) is 0 Å². The molecular formula is C11H18N2O5. The van der Waals surface area contributed by atoms with Crippen LogP contribution in [0.25, 0.3) is 0 Å². The molecule has 0 aromatic rings. The van der Waals surface area contributed by atoms with Crippen molar-refractivity contribution in [3.63, 3.8) is 0 Å². The van der Waals surface area contributed by atoms with Gasteiger partial charge >= 0.3 is 12.1 Å². The Morgan fingerprint density at radius 3 is 2.72 bits per heavy atom. The number of hydrogen-bond donors (Lipinski definition) is 0. The third-order valence-corrected chi connectivity index (χ3v) is 2.66. The van der Waals surface area contributed by atoms with Gasteiger partial charge in [-0.3, -0.25) is 14.5 Å². The van der Waals surface area contributed by atoms with E-state index in [0.29, 0.717) is 6.54 Å². The highest BCUT2D eigenvalue weighted by atomic mass is 16.6. The van der Waals surface area contributed by atoms with E-state index >= 15 is 0 Å². The van der Waals surface area contributed by atoms with Crippen LogP contribution in [0.3, 0.4) is 0 Å². The highest BCUT2D eigenvalue weighted by Gasteiger charge is 2.29. The predicted molar refractivity (Wildman–Crippen MR) is 61.7 cm³/mol. The molecule has 1 aliphatic rings. The van der Waals surface area contributed by atoms with Gasteiger partial charge in [0.15, 0.2) is 0 Å². The number of carbonyl (C=O) groups is 3. The first-order valence-corrected chi connectivity index (χ1v) is 5.69. The van der Waals surface area contributed by atoms with Gasteiger partial charge in [0.1, 0.15) is 6.61 Å². The summed E-state index contributed by atoms with van der Waals surface area (Å²) in [7, 11) is 3.03. The molecule has 0 aromatic carbocycles. The molecule has 1 heterocycles. The van der Waals surface area contributed by atoms with Crippen molar-refractivity contribution >= 4 is 18.0 Å². The van der Waals surface area contributed by atoms with E-state index < -0.39 is 6.09 Å². The summed E-state index contributed by atoms with van der Waals surface area (Å²) in [4.78, 5) is 36.9. The molecule has 0 aromatic heterocycles. The molecule has 1 unspecified atom stereocenters. The van der Waals surface area contributed by atoms with Gasteiger partial charge in [-0.1, -0.05) is 6.92 Å². The molecule has 1 saturated heterocycles. The molecular weight excluding hydrogens is 240 g/mol. The summed E-state index contributed by atoms with van der Waals surface area (Å²) in [6.07, 6.45) is -0.602. The average Bonchev–Trinajstić information content (AvgIpc) is 2.74. The number of esters is 1. The maximum atomic E-state index is 11.8. The van der Waals surface area contributed by atoms with Crippen molar-refractivity contribution in [3.8, 4) is 0 Å². The van der Waals surface area contributed by atoms with E-state index in [9.17, 15) is 14.4 Å². The third kappa shape index (κ3) is 3.69. The first kappa shape index (κ1) is 14.4. The summed E-state index contributed by atoms with van der Waals surface area (Å²) in [5.74, 6) is -0.967. The van der Waals surface area contributed by atoms with Crippen LogP contribution in [0, 0.1) is 5.92 Å². The lowest BCUT2D eigenvalue weighted by Crippen LogP contribution is -2.41. The SMILES string of the molecule is COC(=O)C(C)CN(C)CC(=O)N1CCOC1=O. The largest absolute Gasteiger partial charge is 0.469 e. The molecule has 1 atom stereocenters. The second-order valence-corrected chi connectivity index (χ2v) is 4.28. The fourth-order valence-corrected chi connectivity index (χ4v) is 1.74. The van der Waals surface area contributed by atoms with Crippen molar-refractivity contribution in [1.29, 1.82) is 0 Å². The van der Waals surface area contributed by atoms with E-state index in [4.69, 9.17) is 0 Å². The number of carbonyl (C=O) groups excluding carboxylic acids is 3. The maximum absolute atomic E-state index is 11.8. The van der Waals surface area contributed by atoms with Crippen LogP contribution < -0.4 is 0 Å². The summed E-state index contributed by atoms with van der Waals surface area (Å²) < 4.78 is 9.28. The highest BCUT2D eigenvalue weighted by molar-refractivity contribution is 5.94. The van der Waals surface area contributed by atoms with Crippen LogP contribution in [-0.2, 0) is 19.1 Å². The Morgan fingerprint density at radius 1 is 1.56 bits per heavy atom. The Balaban J connectivity index is 2.40. The molecule has 0 radical (unpaired) electrons. The molecule has 18 heavy (non-hydrogen) atoms. The number of methoxy groups -OCH3 is 1. The summed E-state index contributed by atoms with van der Waals surface area (Å²) in [5, 5.41) is 0. The van der Waals surface area contributed by atoms with Crippen molar-refractivity contribution in [2.24, 2.45) is 5.92 Å². The molecule has 1 rings (SSSR count). The summed E-state index contributed by atoms with van der Waals surface area (Å²) in [5.41, 5.74) is 0. The molecule has 0 saturated carbocycles. The van der Waals surface area contributed by atoms with Crippen molar-refractivity contribution in [2.45, 2.75) is 6.92 Å². The molecule has 7 heteroatoms. The Labute approximate surface area is 106 Å². The van der Waals surface area contributed by atoms with Gasteiger partial charge < -0.3 is 9.47 Å². The van der Waals surface area contributed by atoms with Crippen molar-refractivity contribution in [3.05, 3.63) is 0 Å². The normalized spacial score (nSPS) is 16.7. The van der Waals surface area contributed by atoms with Crippen LogP contribution in [0.1, 0.15) is 6.92 Å². The number of cyclic esters (lactones) is 1. The van der Waals surface area contributed by atoms with Gasteiger partial charge in [0.2, 0.25) is 5.91 Å². The molecule has 0 bridgehead atoms. The highest BCUT2D eigenvalue weighted by Crippen LogP contribution is 2.06. The van der Waals surface area contributed by atoms with Crippen LogP contribution in [0.5, 0.6) is 0 Å². The zero-order chi connectivity index (χ0) is 13.7. The molecule has 0 N–H and O–H groups in total. The van der Waals surface area contributed by atoms with Crippen LogP contribution in [-0.4, -0.2) is 68.2 Å². The zero-order valence-corrected chi connectivity index (χ0v) is 10.8. The summed E-state index contributed by atoms with van der Waals surface area (Å²) >= 11 is 0. The number of nitrogens with zero attached hydrogens (tertiary/aromatic N) is 2. The van der Waals surface area contributed by atoms with Crippen molar-refractivity contribution in [2.75, 3.05) is 40.4 Å². The zero-order valence-electron chi connectivity index (χ0n) is 10.8. The van der Waals surface area contributed by atoms with Crippen LogP contribution in [0.2, 0.25) is 0 Å². The van der Waals surface area contributed by atoms with Crippen molar-refractivity contribution in [1.82, 2.24) is 9.80 Å². The van der Waals surface area contributed by atoms with E-state index in [1.54, 1.807) is 18.9 Å². The smallest absolute Gasteiger partial charge is 0.416 e. The Kier molecular flexibility index (Phi) is 5.08. The Bertz CT molecular complexity index is 344. The van der Waals surface area contributed by atoms with Gasteiger partial charge in [-0.05, 0) is 7.05 Å². The molecule has 1 aliphatic heterocycles. The molecule has 1 fully saturated rings. The van der Waals surface area contributed by atoms with Gasteiger partial charge in [-0.2, -0.15) is 0 Å². The number of likely N-dealkylation sites (N-methyl/N-ethyl adjacent to an activating group) is 1. The minimum absolute atomic E-state index is 0.0659. The molecule has 0 spiro atoms.